The van der Waals surface area contributed by atoms with E-state index in [-0.39, 0.29) is 36.6 Å². The van der Waals surface area contributed by atoms with Gasteiger partial charge in [-0.1, -0.05) is 12.1 Å². The predicted molar refractivity (Wildman–Crippen MR) is 231 cm³/mol. The first-order valence-corrected chi connectivity index (χ1v) is 19.7. The molecule has 2 heterocycles. The third-order valence-corrected chi connectivity index (χ3v) is 10.1. The van der Waals surface area contributed by atoms with Crippen LogP contribution in [-0.4, -0.2) is 79.1 Å². The second-order valence-corrected chi connectivity index (χ2v) is 14.4. The summed E-state index contributed by atoms with van der Waals surface area (Å²) >= 11 is 0. The number of carbonyl (C=O) groups is 2. The Balaban J connectivity index is 0.000000189. The van der Waals surface area contributed by atoms with Gasteiger partial charge in [-0.05, 0) is 132 Å². The minimum atomic E-state index is -1.06. The van der Waals surface area contributed by atoms with Crippen LogP contribution in [0.1, 0.15) is 31.8 Å². The van der Waals surface area contributed by atoms with Crippen LogP contribution in [0.15, 0.2) is 146 Å². The number of fused-ring (bicyclic) bond motifs is 2. The van der Waals surface area contributed by atoms with Crippen molar-refractivity contribution in [3.8, 4) is 34.4 Å². The molecule has 0 aliphatic heterocycles. The quantitative estimate of drug-likeness (QED) is 0.0669. The zero-order valence-corrected chi connectivity index (χ0v) is 33.8. The molecule has 8 aromatic rings. The first kappa shape index (κ1) is 43.7. The van der Waals surface area contributed by atoms with Crippen molar-refractivity contribution in [1.82, 2.24) is 9.13 Å². The average Bonchev–Trinajstić information content (AvgIpc) is 3.86. The van der Waals surface area contributed by atoms with Crippen LogP contribution in [0.25, 0.3) is 33.2 Å². The number of carboxylic acid groups (broad SMARTS) is 1. The van der Waals surface area contributed by atoms with Crippen LogP contribution in [0.4, 0.5) is 8.78 Å². The molecule has 12 nitrogen and oxygen atoms in total. The van der Waals surface area contributed by atoms with Crippen molar-refractivity contribution in [2.45, 2.75) is 25.0 Å². The molecular weight excluding hydrogens is 815 g/mol. The summed E-state index contributed by atoms with van der Waals surface area (Å²) in [7, 11) is 1.32. The molecule has 0 bridgehead atoms. The number of benzene rings is 6. The van der Waals surface area contributed by atoms with Crippen molar-refractivity contribution in [2.24, 2.45) is 0 Å². The number of halogens is 2. The normalized spacial score (nSPS) is 12.0. The molecule has 0 amide bonds. The van der Waals surface area contributed by atoms with E-state index in [9.17, 15) is 43.9 Å². The van der Waals surface area contributed by atoms with Crippen molar-refractivity contribution in [3.05, 3.63) is 180 Å². The fourth-order valence-electron chi connectivity index (χ4n) is 7.20. The van der Waals surface area contributed by atoms with Crippen LogP contribution >= 0.6 is 0 Å². The molecule has 0 radical (unpaired) electrons. The lowest BCUT2D eigenvalue weighted by Crippen LogP contribution is -2.15. The van der Waals surface area contributed by atoms with E-state index in [1.165, 1.54) is 49.6 Å². The fourth-order valence-corrected chi connectivity index (χ4v) is 7.20. The number of esters is 1. The van der Waals surface area contributed by atoms with Crippen LogP contribution < -0.4 is 9.47 Å². The van der Waals surface area contributed by atoms with Crippen molar-refractivity contribution in [2.75, 3.05) is 20.3 Å². The molecule has 5 N–H and O–H groups in total. The number of carboxylic acids is 1. The number of nitrogens with zero attached hydrogens (tertiary/aromatic N) is 2. The Kier molecular flexibility index (Phi) is 13.6. The number of aliphatic hydroxyl groups is 4. The van der Waals surface area contributed by atoms with E-state index in [0.717, 1.165) is 16.9 Å². The maximum absolute atomic E-state index is 13.1. The number of aromatic carboxylic acids is 1. The van der Waals surface area contributed by atoms with E-state index in [4.69, 9.17) is 14.2 Å². The lowest BCUT2D eigenvalue weighted by molar-refractivity contribution is 0.0601. The highest BCUT2D eigenvalue weighted by Crippen LogP contribution is 2.33. The Morgan fingerprint density at radius 2 is 0.921 bits per heavy atom. The monoisotopic (exact) mass is 856 g/mol. The summed E-state index contributed by atoms with van der Waals surface area (Å²) < 4.78 is 46.3. The highest BCUT2D eigenvalue weighted by molar-refractivity contribution is 6.06. The Hall–Kier alpha value is -7.36. The minimum absolute atomic E-state index is 0.121. The standard InChI is InChI=1S/C25H22FNO5.C24H20FNO5/c1-31-25(30)22-3-2-4-23-24(22)16(13-19(29)15-28)14-27(23)18-7-11-21(12-8-18)32-20-9-5-17(26)6-10-20;25-16-4-8-19(9-5-16)31-20-10-6-17(7-11-20)26-13-15(12-18(28)14-27)23-21(24(29)30)2-1-3-22(23)26/h2-12,14,19,28-29H,13,15H2,1H3;1-11,13,18,27-28H,12,14H2,(H,29,30)/t19-;18-/m00/s1. The highest BCUT2D eigenvalue weighted by atomic mass is 19.1. The van der Waals surface area contributed by atoms with Gasteiger partial charge in [0.1, 0.15) is 34.6 Å². The molecule has 0 saturated carbocycles. The molecule has 322 valence electrons. The van der Waals surface area contributed by atoms with Gasteiger partial charge in [0.15, 0.2) is 0 Å². The predicted octanol–water partition coefficient (Wildman–Crippen LogP) is 8.40. The van der Waals surface area contributed by atoms with E-state index >= 15 is 0 Å². The van der Waals surface area contributed by atoms with Gasteiger partial charge < -0.3 is 48.9 Å². The van der Waals surface area contributed by atoms with E-state index in [1.54, 1.807) is 66.9 Å². The number of rotatable bonds is 14. The van der Waals surface area contributed by atoms with Gasteiger partial charge in [0.2, 0.25) is 0 Å². The Labute approximate surface area is 359 Å². The molecule has 0 aliphatic carbocycles. The van der Waals surface area contributed by atoms with Crippen LogP contribution in [0, 0.1) is 11.6 Å². The van der Waals surface area contributed by atoms with E-state index in [0.29, 0.717) is 56.0 Å². The van der Waals surface area contributed by atoms with Crippen LogP contribution in [0.2, 0.25) is 0 Å². The summed E-state index contributed by atoms with van der Waals surface area (Å²) in [6.07, 6.45) is 1.96. The molecular formula is C49H42F2N2O10. The SMILES string of the molecule is COC(=O)c1cccc2c1c(C[C@H](O)CO)cn2-c1ccc(Oc2ccc(F)cc2)cc1.O=C(O)c1cccc2c1c(C[C@H](O)CO)cn2-c1ccc(Oc2ccc(F)cc2)cc1. The third-order valence-electron chi connectivity index (χ3n) is 10.1. The lowest BCUT2D eigenvalue weighted by atomic mass is 10.0. The smallest absolute Gasteiger partial charge is 0.338 e. The molecule has 2 aromatic heterocycles. The van der Waals surface area contributed by atoms with Crippen molar-refractivity contribution >= 4 is 33.7 Å². The molecule has 0 spiro atoms. The molecule has 6 aromatic carbocycles. The third kappa shape index (κ3) is 10.1. The summed E-state index contributed by atoms with van der Waals surface area (Å²) in [5.74, 6) is -0.0367. The molecule has 0 unspecified atom stereocenters. The number of carbonyl (C=O) groups excluding carboxylic acids is 1. The zero-order valence-electron chi connectivity index (χ0n) is 33.8. The summed E-state index contributed by atoms with van der Waals surface area (Å²) in [5, 5.41) is 49.3. The van der Waals surface area contributed by atoms with Gasteiger partial charge in [-0.2, -0.15) is 0 Å². The van der Waals surface area contributed by atoms with Crippen LogP contribution in [0.3, 0.4) is 0 Å². The molecule has 0 aliphatic rings. The number of hydrogen-bond donors (Lipinski definition) is 5. The summed E-state index contributed by atoms with van der Waals surface area (Å²) in [4.78, 5) is 24.1. The molecule has 0 fully saturated rings. The van der Waals surface area contributed by atoms with Crippen LogP contribution in [-0.2, 0) is 17.6 Å². The number of ether oxygens (including phenoxy) is 3. The number of aliphatic hydroxyl groups excluding tert-OH is 4. The number of aromatic nitrogens is 2. The number of methoxy groups -OCH3 is 1. The van der Waals surface area contributed by atoms with E-state index in [1.807, 2.05) is 45.7 Å². The maximum atomic E-state index is 13.1. The molecule has 2 atom stereocenters. The van der Waals surface area contributed by atoms with Crippen molar-refractivity contribution < 1.29 is 58.1 Å². The summed E-state index contributed by atoms with van der Waals surface area (Å²) in [6.45, 7) is -0.806. The lowest BCUT2D eigenvalue weighted by Gasteiger charge is -2.09. The van der Waals surface area contributed by atoms with Crippen LogP contribution in [0.5, 0.6) is 23.0 Å². The zero-order chi connectivity index (χ0) is 44.6. The second-order valence-electron chi connectivity index (χ2n) is 14.4. The van der Waals surface area contributed by atoms with Gasteiger partial charge in [-0.15, -0.1) is 0 Å². The topological polar surface area (TPSA) is 173 Å². The van der Waals surface area contributed by atoms with Gasteiger partial charge in [0, 0.05) is 47.4 Å². The Morgan fingerprint density at radius 1 is 0.556 bits per heavy atom. The number of hydrogen-bond acceptors (Lipinski definition) is 9. The first-order valence-electron chi connectivity index (χ1n) is 19.7. The highest BCUT2D eigenvalue weighted by Gasteiger charge is 2.21. The largest absolute Gasteiger partial charge is 0.478 e. The van der Waals surface area contributed by atoms with E-state index in [2.05, 4.69) is 0 Å². The van der Waals surface area contributed by atoms with Gasteiger partial charge in [0.05, 0.1) is 54.7 Å². The summed E-state index contributed by atoms with van der Waals surface area (Å²) in [5.41, 5.74) is 4.88. The fraction of sp³-hybridized carbons (Fsp3) is 0.143. The maximum Gasteiger partial charge on any atom is 0.338 e. The van der Waals surface area contributed by atoms with Crippen molar-refractivity contribution in [3.63, 3.8) is 0 Å². The van der Waals surface area contributed by atoms with E-state index < -0.39 is 30.8 Å². The second kappa shape index (κ2) is 19.6. The first-order chi connectivity index (χ1) is 30.5. The molecule has 0 saturated heterocycles. The summed E-state index contributed by atoms with van der Waals surface area (Å²) in [6, 6.07) is 36.2. The van der Waals surface area contributed by atoms with Gasteiger partial charge in [-0.3, -0.25) is 0 Å². The molecule has 8 rings (SSSR count). The van der Waals surface area contributed by atoms with Gasteiger partial charge >= 0.3 is 11.9 Å². The average molecular weight is 857 g/mol. The minimum Gasteiger partial charge on any atom is -0.478 e. The molecule has 14 heteroatoms. The van der Waals surface area contributed by atoms with Gasteiger partial charge in [0.25, 0.3) is 0 Å². The Bertz CT molecular complexity index is 2840. The van der Waals surface area contributed by atoms with Crippen molar-refractivity contribution in [1.29, 1.82) is 0 Å². The molecule has 63 heavy (non-hydrogen) atoms. The van der Waals surface area contributed by atoms with Gasteiger partial charge in [-0.25, -0.2) is 18.4 Å². The Morgan fingerprint density at radius 3 is 1.29 bits per heavy atom.